The number of amides is 5. The molecule has 12 rings (SSSR count). The summed E-state index contributed by atoms with van der Waals surface area (Å²) in [6.07, 6.45) is 20.8. The second-order valence-corrected chi connectivity index (χ2v) is 28.8. The van der Waals surface area contributed by atoms with E-state index < -0.39 is 56.2 Å². The van der Waals surface area contributed by atoms with E-state index in [9.17, 15) is 71.9 Å². The van der Waals surface area contributed by atoms with Crippen molar-refractivity contribution in [3.05, 3.63) is 136 Å². The van der Waals surface area contributed by atoms with Gasteiger partial charge in [0.25, 0.3) is 27.8 Å². The lowest BCUT2D eigenvalue weighted by atomic mass is 10.1. The lowest BCUT2D eigenvalue weighted by molar-refractivity contribution is -0.122. The largest absolute Gasteiger partial charge is 0.379 e. The number of ether oxygens (including phenoxy) is 1. The fraction of sp³-hybridized carbons (Fsp3) is 0.595. The molecule has 5 amide bonds. The van der Waals surface area contributed by atoms with E-state index in [2.05, 4.69) is 75.2 Å². The molecule has 638 valence electrons. The van der Waals surface area contributed by atoms with Crippen molar-refractivity contribution in [2.75, 3.05) is 85.2 Å². The average molecular weight is 1630 g/mol. The Kier molecular flexibility index (Phi) is 32.9. The van der Waals surface area contributed by atoms with Gasteiger partial charge in [-0.2, -0.15) is 0 Å². The number of carbonyl (C=O) groups is 5. The molecule has 2 aliphatic rings. The van der Waals surface area contributed by atoms with Gasteiger partial charge in [0.05, 0.1) is 44.9 Å². The third kappa shape index (κ3) is 22.3. The number of unbranched alkanes of at least 4 members (excludes halogenated alkanes) is 5. The van der Waals surface area contributed by atoms with E-state index in [1.165, 1.54) is 132 Å². The molecule has 43 nitrogen and oxygen atoms in total. The Morgan fingerprint density at radius 2 is 0.521 bits per heavy atom. The van der Waals surface area contributed by atoms with Crippen LogP contribution in [0.25, 0.3) is 55.8 Å². The van der Waals surface area contributed by atoms with Gasteiger partial charge in [0.1, 0.15) is 32.7 Å². The van der Waals surface area contributed by atoms with Gasteiger partial charge in [-0.25, -0.2) is 48.9 Å². The molecule has 10 aromatic heterocycles. The quantitative estimate of drug-likeness (QED) is 0.0284. The maximum absolute atomic E-state index is 12.4. The fourth-order valence-electron chi connectivity index (χ4n) is 13.3. The summed E-state index contributed by atoms with van der Waals surface area (Å²) < 4.78 is 24.3. The summed E-state index contributed by atoms with van der Waals surface area (Å²) in [5.74, 6) is -0.891. The summed E-state index contributed by atoms with van der Waals surface area (Å²) >= 11 is 0. The smallest absolute Gasteiger partial charge is 0.332 e. The van der Waals surface area contributed by atoms with Crippen molar-refractivity contribution in [3.8, 4) is 0 Å². The van der Waals surface area contributed by atoms with Gasteiger partial charge in [0.15, 0.2) is 55.8 Å². The molecular weight excluding hydrogens is 1520 g/mol. The predicted molar refractivity (Wildman–Crippen MR) is 437 cm³/mol. The molecule has 0 saturated carbocycles. The highest BCUT2D eigenvalue weighted by Crippen LogP contribution is 2.12. The topological polar surface area (TPSA) is 470 Å². The highest BCUT2D eigenvalue weighted by Gasteiger charge is 2.23. The monoisotopic (exact) mass is 1630 g/mol. The summed E-state index contributed by atoms with van der Waals surface area (Å²) in [7, 11) is 14.8. The Morgan fingerprint density at radius 3 is 0.761 bits per heavy atom. The second kappa shape index (κ2) is 42.6. The molecule has 0 radical (unpaired) electrons. The predicted octanol–water partition coefficient (Wildman–Crippen LogP) is -3.47. The molecule has 0 spiro atoms. The Labute approximate surface area is 669 Å². The van der Waals surface area contributed by atoms with E-state index in [-0.39, 0.29) is 118 Å². The van der Waals surface area contributed by atoms with Crippen LogP contribution in [0.4, 0.5) is 0 Å². The van der Waals surface area contributed by atoms with E-state index in [4.69, 9.17) is 4.74 Å². The number of nitrogens with zero attached hydrogens (tertiary/aromatic N) is 22. The van der Waals surface area contributed by atoms with Crippen LogP contribution in [0, 0.1) is 0 Å². The molecule has 43 heteroatoms. The maximum Gasteiger partial charge on any atom is 0.332 e. The van der Waals surface area contributed by atoms with Gasteiger partial charge in [-0.15, -0.1) is 0 Å². The summed E-state index contributed by atoms with van der Waals surface area (Å²) in [6.45, 7) is 16.9. The van der Waals surface area contributed by atoms with Crippen LogP contribution in [0.5, 0.6) is 0 Å². The van der Waals surface area contributed by atoms with Gasteiger partial charge in [-0.3, -0.25) is 98.5 Å². The van der Waals surface area contributed by atoms with Gasteiger partial charge in [0, 0.05) is 116 Å². The molecule has 12 heterocycles. The van der Waals surface area contributed by atoms with Crippen molar-refractivity contribution >= 4 is 85.4 Å². The number of morpholine rings is 1. The van der Waals surface area contributed by atoms with Crippen molar-refractivity contribution in [1.29, 1.82) is 0 Å². The van der Waals surface area contributed by atoms with Crippen molar-refractivity contribution < 1.29 is 28.7 Å². The van der Waals surface area contributed by atoms with Crippen molar-refractivity contribution in [1.82, 2.24) is 130 Å². The standard InChI is InChI=1S/C17H26N6O3.C16H24N6O4.2C14H21N5O3.C13H19N5O3/c1-20-15-14(16(25)21(2)17(20)26)23(12-19-15)11-13(24)18-7-6-10-22-8-4-3-5-9-22;1-19-14-13(15(24)20(2)16(19)25)22(11-18-14)10-12(23)17-4-3-5-21-6-8-26-9-7-21;2*1-4-5-6-7-15-10(20)8-19-9-16-12-11(19)13(21)18(3)14(22)17(12)2;1-4-5-6-14-9(19)7-18-8-15-11-10(18)12(20)17(3)13(21)16(11)2/h12H,3-11H2,1-2H3,(H,18,24);11H,3-10H2,1-2H3,(H,17,23);2*9H,4-8H2,1-3H3,(H,15,20);8H,4-7H2,1-3H3,(H,14,19). The SMILES string of the molecule is CCCCCNC(=O)Cn1cnc2c1c(=O)n(C)c(=O)n2C.CCCCCNC(=O)Cn1cnc2c1c(=O)n(C)c(=O)n2C.CCCCNC(=O)Cn1cnc2c1c(=O)n(C)c(=O)n2C.Cn1c(=O)c2c(ncn2CC(=O)NCCCN2CCCCC2)n(C)c1=O.Cn1c(=O)c2c(ncn2CC(=O)NCCCN2CCOCC2)n(C)c1=O. The molecule has 10 aromatic rings. The Balaban J connectivity index is 0.000000183. The second-order valence-electron chi connectivity index (χ2n) is 28.8. The van der Waals surface area contributed by atoms with Crippen LogP contribution in [-0.4, -0.2) is 218 Å². The number of likely N-dealkylation sites (tertiary alicyclic amines) is 1. The zero-order valence-electron chi connectivity index (χ0n) is 69.2. The van der Waals surface area contributed by atoms with Crippen molar-refractivity contribution in [2.45, 2.75) is 137 Å². The Bertz CT molecular complexity index is 5540. The van der Waals surface area contributed by atoms with E-state index in [0.717, 1.165) is 140 Å². The fourth-order valence-corrected chi connectivity index (χ4v) is 13.3. The first kappa shape index (κ1) is 90.5. The van der Waals surface area contributed by atoms with Crippen LogP contribution in [0.2, 0.25) is 0 Å². The van der Waals surface area contributed by atoms with Crippen LogP contribution in [0.1, 0.15) is 104 Å². The minimum absolute atomic E-state index is 0.00760. The summed E-state index contributed by atoms with van der Waals surface area (Å²) in [4.78, 5) is 206. The zero-order chi connectivity index (χ0) is 85.5. The average Bonchev–Trinajstić information content (AvgIpc) is 1.69. The molecule has 0 bridgehead atoms. The Morgan fingerprint density at radius 1 is 0.299 bits per heavy atom. The number of carbonyl (C=O) groups excluding carboxylic acids is 5. The maximum atomic E-state index is 12.4. The highest BCUT2D eigenvalue weighted by molar-refractivity contribution is 5.82. The van der Waals surface area contributed by atoms with Gasteiger partial charge in [0.2, 0.25) is 29.5 Å². The summed E-state index contributed by atoms with van der Waals surface area (Å²) in [5, 5.41) is 14.2. The minimum atomic E-state index is -0.458. The molecule has 0 unspecified atom stereocenters. The van der Waals surface area contributed by atoms with Crippen LogP contribution < -0.4 is 82.8 Å². The zero-order valence-corrected chi connectivity index (χ0v) is 69.2. The number of aromatic nitrogens is 20. The van der Waals surface area contributed by atoms with Gasteiger partial charge in [-0.1, -0.05) is 59.3 Å². The van der Waals surface area contributed by atoms with Crippen molar-refractivity contribution in [3.63, 3.8) is 0 Å². The van der Waals surface area contributed by atoms with Crippen molar-refractivity contribution in [2.24, 2.45) is 70.5 Å². The molecule has 0 aliphatic carbocycles. The first-order chi connectivity index (χ1) is 55.9. The van der Waals surface area contributed by atoms with Gasteiger partial charge >= 0.3 is 28.4 Å². The number of piperidine rings is 1. The van der Waals surface area contributed by atoms with E-state index in [1.54, 1.807) is 35.2 Å². The lowest BCUT2D eigenvalue weighted by Crippen LogP contribution is -2.39. The summed E-state index contributed by atoms with van der Waals surface area (Å²) in [6, 6.07) is 0. The molecule has 2 saturated heterocycles. The van der Waals surface area contributed by atoms with E-state index in [1.807, 2.05) is 6.92 Å². The van der Waals surface area contributed by atoms with E-state index >= 15 is 0 Å². The third-order valence-electron chi connectivity index (χ3n) is 20.2. The Hall–Kier alpha value is -12.0. The number of hydrogen-bond donors (Lipinski definition) is 5. The van der Waals surface area contributed by atoms with Crippen LogP contribution in [0.15, 0.2) is 79.6 Å². The molecule has 5 N–H and O–H groups in total. The first-order valence-corrected chi connectivity index (χ1v) is 39.3. The third-order valence-corrected chi connectivity index (χ3v) is 20.2. The van der Waals surface area contributed by atoms with Gasteiger partial charge in [-0.05, 0) is 71.1 Å². The molecule has 0 aromatic carbocycles. The number of aryl methyl sites for hydroxylation is 5. The minimum Gasteiger partial charge on any atom is -0.379 e. The molecule has 0 atom stereocenters. The number of nitrogens with one attached hydrogen (secondary N) is 5. The van der Waals surface area contributed by atoms with Crippen LogP contribution >= 0.6 is 0 Å². The van der Waals surface area contributed by atoms with Crippen LogP contribution in [0.3, 0.4) is 0 Å². The first-order valence-electron chi connectivity index (χ1n) is 39.3. The molecule has 2 fully saturated rings. The number of fused-ring (bicyclic) bond motifs is 5. The number of hydrogen-bond acceptors (Lipinski definition) is 23. The van der Waals surface area contributed by atoms with Crippen LogP contribution in [-0.2, 0) is 132 Å². The summed E-state index contributed by atoms with van der Waals surface area (Å²) in [5.41, 5.74) is -1.76. The number of rotatable bonds is 29. The van der Waals surface area contributed by atoms with Gasteiger partial charge < -0.3 is 59.1 Å². The van der Waals surface area contributed by atoms with E-state index in [0.29, 0.717) is 32.7 Å². The molecule has 117 heavy (non-hydrogen) atoms. The lowest BCUT2D eigenvalue weighted by Gasteiger charge is -2.26. The molecular formula is C74H111N27O16. The highest BCUT2D eigenvalue weighted by atomic mass is 16.5. The normalized spacial score (nSPS) is 13.0. The number of imidazole rings is 5. The molecule has 2 aliphatic heterocycles.